The maximum atomic E-state index is 11.6. The van der Waals surface area contributed by atoms with Gasteiger partial charge in [-0.15, -0.1) is 0 Å². The van der Waals surface area contributed by atoms with Gasteiger partial charge in [-0.3, -0.25) is 19.5 Å². The third-order valence-corrected chi connectivity index (χ3v) is 7.38. The predicted octanol–water partition coefficient (Wildman–Crippen LogP) is -2.07. The van der Waals surface area contributed by atoms with Gasteiger partial charge in [-0.05, 0) is 6.42 Å². The normalized spacial score (nSPS) is 30.4. The van der Waals surface area contributed by atoms with Gasteiger partial charge in [-0.1, -0.05) is 0 Å². The number of rotatable bonds is 6. The van der Waals surface area contributed by atoms with Gasteiger partial charge in [0.25, 0.3) is 0 Å². The molecule has 3 aliphatic heterocycles. The second-order valence-electron chi connectivity index (χ2n) is 7.49. The lowest BCUT2D eigenvalue weighted by molar-refractivity contribution is -0.119. The molecule has 3 fully saturated rings. The van der Waals surface area contributed by atoms with E-state index in [4.69, 9.17) is 0 Å². The van der Waals surface area contributed by atoms with E-state index in [1.54, 1.807) is 4.90 Å². The lowest BCUT2D eigenvalue weighted by atomic mass is 10.2. The van der Waals surface area contributed by atoms with Crippen LogP contribution in [-0.2, 0) is 14.6 Å². The highest BCUT2D eigenvalue weighted by Crippen LogP contribution is 2.19. The number of aliphatic hydroxyl groups is 1. The highest BCUT2D eigenvalue weighted by atomic mass is 32.2. The summed E-state index contributed by atoms with van der Waals surface area (Å²) in [5.74, 6) is 0.635. The Balaban J connectivity index is 1.35. The number of nitrogens with zero attached hydrogens (tertiary/aromatic N) is 4. The fourth-order valence-corrected chi connectivity index (χ4v) is 5.84. The average molecular weight is 375 g/mol. The molecule has 0 saturated carbocycles. The van der Waals surface area contributed by atoms with Gasteiger partial charge in [0.1, 0.15) is 0 Å². The van der Waals surface area contributed by atoms with Gasteiger partial charge < -0.3 is 10.0 Å². The minimum atomic E-state index is -2.83. The third-order valence-electron chi connectivity index (χ3n) is 5.63. The molecule has 0 bridgehead atoms. The van der Waals surface area contributed by atoms with Gasteiger partial charge in [-0.25, -0.2) is 8.42 Å². The Morgan fingerprint density at radius 1 is 0.960 bits per heavy atom. The first-order valence-electron chi connectivity index (χ1n) is 9.22. The Kier molecular flexibility index (Phi) is 6.32. The molecular formula is C16H30N4O4S. The summed E-state index contributed by atoms with van der Waals surface area (Å²) in [6.07, 6.45) is 1.27. The number of carbonyl (C=O) groups is 1. The first kappa shape index (κ1) is 19.0. The van der Waals surface area contributed by atoms with Crippen molar-refractivity contribution in [2.45, 2.75) is 18.6 Å². The van der Waals surface area contributed by atoms with E-state index >= 15 is 0 Å². The van der Waals surface area contributed by atoms with Crippen LogP contribution in [0.3, 0.4) is 0 Å². The number of hydrogen-bond acceptors (Lipinski definition) is 7. The van der Waals surface area contributed by atoms with Crippen LogP contribution in [0.1, 0.15) is 6.42 Å². The fraction of sp³-hybridized carbons (Fsp3) is 0.938. The van der Waals surface area contributed by atoms with Crippen LogP contribution in [0.5, 0.6) is 0 Å². The molecule has 0 unspecified atom stereocenters. The van der Waals surface area contributed by atoms with Crippen LogP contribution in [0.2, 0.25) is 0 Å². The summed E-state index contributed by atoms with van der Waals surface area (Å²) < 4.78 is 23.3. The van der Waals surface area contributed by atoms with Crippen LogP contribution in [0.25, 0.3) is 0 Å². The SMILES string of the molecule is O=CN1CCN(C[C@H](O)CN2CCN([C@H]3CCS(=O)(=O)C3)CC2)CC1. The molecule has 0 radical (unpaired) electrons. The Morgan fingerprint density at radius 3 is 2.00 bits per heavy atom. The minimum Gasteiger partial charge on any atom is -0.390 e. The standard InChI is InChI=1S/C16H30N4O4S/c21-14-19-4-2-17(3-5-19)11-16(22)12-18-6-8-20(9-7-18)15-1-10-25(23,24)13-15/h14-16,22H,1-13H2/t15-,16-/m0/s1. The monoisotopic (exact) mass is 374 g/mol. The smallest absolute Gasteiger partial charge is 0.209 e. The van der Waals surface area contributed by atoms with Crippen molar-refractivity contribution >= 4 is 16.2 Å². The van der Waals surface area contributed by atoms with Crippen molar-refractivity contribution in [1.29, 1.82) is 0 Å². The number of β-amino-alcohol motifs (C(OH)–C–C–N with tert-alkyl or cyclic N) is 1. The zero-order valence-corrected chi connectivity index (χ0v) is 15.6. The maximum absolute atomic E-state index is 11.6. The van der Waals surface area contributed by atoms with E-state index in [2.05, 4.69) is 14.7 Å². The summed E-state index contributed by atoms with van der Waals surface area (Å²) in [6, 6.07) is 0.186. The average Bonchev–Trinajstić information content (AvgIpc) is 2.96. The topological polar surface area (TPSA) is 84.4 Å². The summed E-state index contributed by atoms with van der Waals surface area (Å²) in [5, 5.41) is 10.4. The van der Waals surface area contributed by atoms with Crippen LogP contribution in [0.15, 0.2) is 0 Å². The number of hydrogen-bond donors (Lipinski definition) is 1. The van der Waals surface area contributed by atoms with Crippen LogP contribution < -0.4 is 0 Å². The molecule has 3 rings (SSSR count). The highest BCUT2D eigenvalue weighted by Gasteiger charge is 2.33. The van der Waals surface area contributed by atoms with Gasteiger partial charge in [-0.2, -0.15) is 0 Å². The molecule has 1 N–H and O–H groups in total. The summed E-state index contributed by atoms with van der Waals surface area (Å²) in [7, 11) is -2.83. The lowest BCUT2D eigenvalue weighted by Crippen LogP contribution is -2.54. The van der Waals surface area contributed by atoms with Crippen molar-refractivity contribution in [2.24, 2.45) is 0 Å². The van der Waals surface area contributed by atoms with E-state index in [9.17, 15) is 18.3 Å². The summed E-state index contributed by atoms with van der Waals surface area (Å²) in [6.45, 7) is 7.94. The van der Waals surface area contributed by atoms with Gasteiger partial charge in [0.15, 0.2) is 9.84 Å². The van der Waals surface area contributed by atoms with Crippen molar-refractivity contribution in [2.75, 3.05) is 77.0 Å². The van der Waals surface area contributed by atoms with E-state index < -0.39 is 9.84 Å². The molecule has 0 spiro atoms. The quantitative estimate of drug-likeness (QED) is 0.535. The second-order valence-corrected chi connectivity index (χ2v) is 9.72. The third kappa shape index (κ3) is 5.37. The molecule has 25 heavy (non-hydrogen) atoms. The Morgan fingerprint density at radius 2 is 1.52 bits per heavy atom. The first-order chi connectivity index (χ1) is 11.9. The lowest BCUT2D eigenvalue weighted by Gasteiger charge is -2.39. The molecule has 9 heteroatoms. The zero-order valence-electron chi connectivity index (χ0n) is 14.8. The van der Waals surface area contributed by atoms with Gasteiger partial charge in [0.05, 0.1) is 17.6 Å². The first-order valence-corrected chi connectivity index (χ1v) is 11.0. The van der Waals surface area contributed by atoms with E-state index in [1.165, 1.54) is 0 Å². The number of carbonyl (C=O) groups excluding carboxylic acids is 1. The summed E-state index contributed by atoms with van der Waals surface area (Å²) in [5.41, 5.74) is 0. The Labute approximate surface area is 150 Å². The van der Waals surface area contributed by atoms with Crippen LogP contribution in [-0.4, -0.2) is 129 Å². The number of aliphatic hydroxyl groups excluding tert-OH is 1. The van der Waals surface area contributed by atoms with Gasteiger partial charge in [0, 0.05) is 71.5 Å². The van der Waals surface area contributed by atoms with Gasteiger partial charge in [0.2, 0.25) is 6.41 Å². The summed E-state index contributed by atoms with van der Waals surface area (Å²) >= 11 is 0. The molecule has 3 saturated heterocycles. The molecule has 0 aliphatic carbocycles. The molecule has 2 atom stereocenters. The molecule has 3 heterocycles. The maximum Gasteiger partial charge on any atom is 0.209 e. The molecule has 0 aromatic carbocycles. The number of sulfone groups is 1. The largest absolute Gasteiger partial charge is 0.390 e. The molecule has 0 aromatic rings. The van der Waals surface area contributed by atoms with Crippen molar-refractivity contribution in [3.8, 4) is 0 Å². The highest BCUT2D eigenvalue weighted by molar-refractivity contribution is 7.91. The van der Waals surface area contributed by atoms with E-state index in [0.29, 0.717) is 24.6 Å². The summed E-state index contributed by atoms with van der Waals surface area (Å²) in [4.78, 5) is 19.3. The van der Waals surface area contributed by atoms with E-state index in [1.807, 2.05) is 0 Å². The molecule has 0 aromatic heterocycles. The Bertz CT molecular complexity index is 542. The Hall–Kier alpha value is -0.740. The van der Waals surface area contributed by atoms with Crippen LogP contribution in [0.4, 0.5) is 0 Å². The number of piperazine rings is 2. The van der Waals surface area contributed by atoms with E-state index in [0.717, 1.165) is 65.2 Å². The molecule has 1 amide bonds. The molecule has 8 nitrogen and oxygen atoms in total. The zero-order chi connectivity index (χ0) is 17.9. The van der Waals surface area contributed by atoms with Crippen molar-refractivity contribution < 1.29 is 18.3 Å². The van der Waals surface area contributed by atoms with E-state index in [-0.39, 0.29) is 12.1 Å². The fourth-order valence-electron chi connectivity index (χ4n) is 4.08. The molecular weight excluding hydrogens is 344 g/mol. The van der Waals surface area contributed by atoms with Crippen molar-refractivity contribution in [1.82, 2.24) is 19.6 Å². The minimum absolute atomic E-state index is 0.186. The van der Waals surface area contributed by atoms with Crippen molar-refractivity contribution in [3.05, 3.63) is 0 Å². The van der Waals surface area contributed by atoms with Crippen LogP contribution in [0, 0.1) is 0 Å². The second kappa shape index (κ2) is 8.30. The molecule has 3 aliphatic rings. The van der Waals surface area contributed by atoms with Gasteiger partial charge >= 0.3 is 0 Å². The predicted molar refractivity (Wildman–Crippen MR) is 95.2 cm³/mol. The number of amides is 1. The van der Waals surface area contributed by atoms with Crippen LogP contribution >= 0.6 is 0 Å². The molecule has 144 valence electrons. The van der Waals surface area contributed by atoms with Crippen molar-refractivity contribution in [3.63, 3.8) is 0 Å².